The number of nitrogens with zero attached hydrogens (tertiary/aromatic N) is 1. The van der Waals surface area contributed by atoms with Crippen molar-refractivity contribution in [1.29, 1.82) is 0 Å². The number of benzene rings is 3. The largest absolute Gasteiger partial charge is 0.497 e. The van der Waals surface area contributed by atoms with E-state index < -0.39 is 22.0 Å². The minimum absolute atomic E-state index is 0.344. The van der Waals surface area contributed by atoms with Crippen LogP contribution in [-0.4, -0.2) is 41.3 Å². The predicted octanol–water partition coefficient (Wildman–Crippen LogP) is 3.50. The molecule has 0 saturated heterocycles. The van der Waals surface area contributed by atoms with Crippen molar-refractivity contribution in [1.82, 2.24) is 5.32 Å². The number of sulfonamides is 1. The van der Waals surface area contributed by atoms with Crippen molar-refractivity contribution in [2.24, 2.45) is 0 Å². The molecule has 0 spiro atoms. The van der Waals surface area contributed by atoms with Gasteiger partial charge in [0.2, 0.25) is 15.9 Å². The molecule has 31 heavy (non-hydrogen) atoms. The summed E-state index contributed by atoms with van der Waals surface area (Å²) in [5, 5.41) is 4.51. The van der Waals surface area contributed by atoms with Gasteiger partial charge in [-0.2, -0.15) is 0 Å². The molecule has 0 aliphatic rings. The number of fused-ring (bicyclic) bond motifs is 1. The maximum Gasteiger partial charge on any atom is 0.241 e. The van der Waals surface area contributed by atoms with E-state index >= 15 is 0 Å². The Kier molecular flexibility index (Phi) is 6.70. The molecular formula is C23H26N2O5S. The molecule has 1 atom stereocenters. The number of hydrogen-bond acceptors (Lipinski definition) is 5. The van der Waals surface area contributed by atoms with Crippen molar-refractivity contribution >= 4 is 32.4 Å². The number of rotatable bonds is 8. The van der Waals surface area contributed by atoms with Gasteiger partial charge in [0.1, 0.15) is 18.0 Å². The average Bonchev–Trinajstić information content (AvgIpc) is 2.75. The number of ether oxygens (including phenoxy) is 2. The molecule has 0 unspecified atom stereocenters. The van der Waals surface area contributed by atoms with Gasteiger partial charge in [0.15, 0.2) is 0 Å². The summed E-state index contributed by atoms with van der Waals surface area (Å²) in [5.41, 5.74) is 1.19. The van der Waals surface area contributed by atoms with Crippen LogP contribution >= 0.6 is 0 Å². The van der Waals surface area contributed by atoms with Crippen LogP contribution in [0.15, 0.2) is 60.7 Å². The lowest BCUT2D eigenvalue weighted by atomic mass is 10.1. The quantitative estimate of drug-likeness (QED) is 0.577. The zero-order valence-corrected chi connectivity index (χ0v) is 18.8. The molecule has 0 fully saturated rings. The minimum Gasteiger partial charge on any atom is -0.497 e. The summed E-state index contributed by atoms with van der Waals surface area (Å²) in [4.78, 5) is 12.9. The number of carbonyl (C=O) groups excluding carboxylic acids is 1. The predicted molar refractivity (Wildman–Crippen MR) is 122 cm³/mol. The van der Waals surface area contributed by atoms with Crippen molar-refractivity contribution in [3.63, 3.8) is 0 Å². The molecule has 3 rings (SSSR count). The number of anilines is 1. The molecule has 0 heterocycles. The topological polar surface area (TPSA) is 84.9 Å². The first kappa shape index (κ1) is 22.4. The Morgan fingerprint density at radius 1 is 1.03 bits per heavy atom. The van der Waals surface area contributed by atoms with Gasteiger partial charge in [-0.3, -0.25) is 9.10 Å². The minimum atomic E-state index is -3.70. The van der Waals surface area contributed by atoms with Crippen molar-refractivity contribution in [3.8, 4) is 11.5 Å². The van der Waals surface area contributed by atoms with E-state index in [0.29, 0.717) is 17.2 Å². The Morgan fingerprint density at radius 2 is 1.74 bits per heavy atom. The highest BCUT2D eigenvalue weighted by Gasteiger charge is 2.24. The second-order valence-electron chi connectivity index (χ2n) is 7.16. The lowest BCUT2D eigenvalue weighted by Crippen LogP contribution is -2.41. The van der Waals surface area contributed by atoms with Gasteiger partial charge in [-0.1, -0.05) is 36.4 Å². The molecule has 3 aromatic carbocycles. The van der Waals surface area contributed by atoms with Crippen LogP contribution in [0.5, 0.6) is 11.5 Å². The van der Waals surface area contributed by atoms with Crippen LogP contribution in [-0.2, 0) is 14.8 Å². The van der Waals surface area contributed by atoms with Crippen LogP contribution in [0.4, 0.5) is 5.69 Å². The van der Waals surface area contributed by atoms with E-state index in [0.717, 1.165) is 26.9 Å². The molecule has 1 N–H and O–H groups in total. The fourth-order valence-electron chi connectivity index (χ4n) is 3.48. The first-order valence-electron chi connectivity index (χ1n) is 9.71. The average molecular weight is 443 g/mol. The number of methoxy groups -OCH3 is 2. The van der Waals surface area contributed by atoms with Crippen molar-refractivity contribution in [2.45, 2.75) is 13.0 Å². The molecule has 0 aliphatic heterocycles. The molecule has 164 valence electrons. The smallest absolute Gasteiger partial charge is 0.241 e. The van der Waals surface area contributed by atoms with Crippen LogP contribution in [0.3, 0.4) is 0 Å². The van der Waals surface area contributed by atoms with Crippen molar-refractivity contribution in [3.05, 3.63) is 66.2 Å². The summed E-state index contributed by atoms with van der Waals surface area (Å²) >= 11 is 0. The van der Waals surface area contributed by atoms with E-state index in [1.165, 1.54) is 0 Å². The Balaban J connectivity index is 1.88. The van der Waals surface area contributed by atoms with Crippen molar-refractivity contribution in [2.75, 3.05) is 31.3 Å². The second-order valence-corrected chi connectivity index (χ2v) is 9.07. The van der Waals surface area contributed by atoms with Gasteiger partial charge < -0.3 is 14.8 Å². The Hall–Kier alpha value is -3.26. The normalized spacial score (nSPS) is 12.3. The molecule has 0 aliphatic carbocycles. The van der Waals surface area contributed by atoms with E-state index in [4.69, 9.17) is 9.47 Å². The summed E-state index contributed by atoms with van der Waals surface area (Å²) in [6.45, 7) is 1.46. The number of nitrogens with one attached hydrogen (secondary N) is 1. The van der Waals surface area contributed by atoms with Gasteiger partial charge in [-0.25, -0.2) is 8.42 Å². The molecule has 0 aromatic heterocycles. The molecular weight excluding hydrogens is 416 g/mol. The zero-order chi connectivity index (χ0) is 22.6. The van der Waals surface area contributed by atoms with Crippen molar-refractivity contribution < 1.29 is 22.7 Å². The van der Waals surface area contributed by atoms with Crippen LogP contribution < -0.4 is 19.1 Å². The molecule has 7 nitrogen and oxygen atoms in total. The monoisotopic (exact) mass is 442 g/mol. The number of carbonyl (C=O) groups is 1. The molecule has 1 amide bonds. The summed E-state index contributed by atoms with van der Waals surface area (Å²) in [7, 11) is -0.595. The van der Waals surface area contributed by atoms with E-state index in [9.17, 15) is 13.2 Å². The summed E-state index contributed by atoms with van der Waals surface area (Å²) in [5.74, 6) is 0.795. The van der Waals surface area contributed by atoms with Crippen LogP contribution in [0, 0.1) is 0 Å². The number of amides is 1. The summed E-state index contributed by atoms with van der Waals surface area (Å²) < 4.78 is 36.9. The third kappa shape index (κ3) is 5.08. The first-order valence-corrected chi connectivity index (χ1v) is 11.6. The zero-order valence-electron chi connectivity index (χ0n) is 18.0. The highest BCUT2D eigenvalue weighted by atomic mass is 32.2. The van der Waals surface area contributed by atoms with Crippen LogP contribution in [0.2, 0.25) is 0 Å². The maximum absolute atomic E-state index is 12.9. The Bertz CT molecular complexity index is 1190. The van der Waals surface area contributed by atoms with E-state index in [-0.39, 0.29) is 6.54 Å². The lowest BCUT2D eigenvalue weighted by molar-refractivity contribution is -0.120. The molecule has 3 aromatic rings. The van der Waals surface area contributed by atoms with Gasteiger partial charge in [-0.15, -0.1) is 0 Å². The fourth-order valence-corrected chi connectivity index (χ4v) is 4.35. The van der Waals surface area contributed by atoms with E-state index in [1.54, 1.807) is 51.5 Å². The maximum atomic E-state index is 12.9. The van der Waals surface area contributed by atoms with Gasteiger partial charge >= 0.3 is 0 Å². The molecule has 8 heteroatoms. The highest BCUT2D eigenvalue weighted by Crippen LogP contribution is 2.30. The lowest BCUT2D eigenvalue weighted by Gasteiger charge is -2.25. The van der Waals surface area contributed by atoms with Gasteiger partial charge in [0.05, 0.1) is 32.2 Å². The van der Waals surface area contributed by atoms with Crippen LogP contribution in [0.1, 0.15) is 18.5 Å². The molecule has 0 radical (unpaired) electrons. The molecule has 0 bridgehead atoms. The van der Waals surface area contributed by atoms with Gasteiger partial charge in [-0.05, 0) is 36.6 Å². The van der Waals surface area contributed by atoms with E-state index in [1.807, 2.05) is 30.3 Å². The van der Waals surface area contributed by atoms with Gasteiger partial charge in [0, 0.05) is 10.9 Å². The Morgan fingerprint density at radius 3 is 2.42 bits per heavy atom. The summed E-state index contributed by atoms with van der Waals surface area (Å²) in [6, 6.07) is 17.7. The SMILES string of the molecule is COc1ccc(OC)c([C@@H](C)NC(=O)CN(c2cccc3ccccc23)S(C)(=O)=O)c1. The number of hydrogen-bond donors (Lipinski definition) is 1. The third-order valence-corrected chi connectivity index (χ3v) is 6.13. The van der Waals surface area contributed by atoms with E-state index in [2.05, 4.69) is 5.32 Å². The van der Waals surface area contributed by atoms with Gasteiger partial charge in [0.25, 0.3) is 0 Å². The van der Waals surface area contributed by atoms with Crippen LogP contribution in [0.25, 0.3) is 10.8 Å². The highest BCUT2D eigenvalue weighted by molar-refractivity contribution is 7.92. The fraction of sp³-hybridized carbons (Fsp3) is 0.261. The Labute approximate surface area is 182 Å². The second kappa shape index (κ2) is 9.26. The first-order chi connectivity index (χ1) is 14.7. The summed E-state index contributed by atoms with van der Waals surface area (Å²) in [6.07, 6.45) is 1.09. The third-order valence-electron chi connectivity index (χ3n) is 5.00. The standard InChI is InChI=1S/C23H26N2O5S/c1-16(20-14-18(29-2)12-13-22(20)30-3)24-23(26)15-25(31(4,27)28)21-11-7-9-17-8-5-6-10-19(17)21/h5-14,16H,15H2,1-4H3,(H,24,26)/t16-/m1/s1. The molecule has 0 saturated carbocycles.